The van der Waals surface area contributed by atoms with Crippen molar-refractivity contribution in [1.82, 2.24) is 5.32 Å². The topological polar surface area (TPSA) is 104 Å². The van der Waals surface area contributed by atoms with Gasteiger partial charge in [0, 0.05) is 33.8 Å². The zero-order chi connectivity index (χ0) is 25.2. The second kappa shape index (κ2) is 12.3. The average Bonchev–Trinajstić information content (AvgIpc) is 2.89. The van der Waals surface area contributed by atoms with Crippen LogP contribution in [0.3, 0.4) is 0 Å². The number of hydrogen-bond donors (Lipinski definition) is 1. The number of nitriles is 2. The minimum absolute atomic E-state index is 0.0853. The van der Waals surface area contributed by atoms with Gasteiger partial charge in [-0.15, -0.1) is 0 Å². The van der Waals surface area contributed by atoms with E-state index < -0.39 is 5.91 Å². The van der Waals surface area contributed by atoms with E-state index in [0.717, 1.165) is 15.6 Å². The molecule has 0 radical (unpaired) electrons. The largest absolute Gasteiger partial charge is 0.497 e. The summed E-state index contributed by atoms with van der Waals surface area (Å²) in [6.07, 6.45) is 1.47. The van der Waals surface area contributed by atoms with Crippen LogP contribution in [0.25, 0.3) is 6.08 Å². The highest BCUT2D eigenvalue weighted by Gasteiger charge is 2.14. The molecule has 3 rings (SSSR count). The fraction of sp³-hybridized carbons (Fsp3) is 0.148. The number of methoxy groups -OCH3 is 2. The van der Waals surface area contributed by atoms with E-state index in [1.807, 2.05) is 18.2 Å². The van der Waals surface area contributed by atoms with Crippen LogP contribution in [-0.4, -0.2) is 20.1 Å². The van der Waals surface area contributed by atoms with Crippen molar-refractivity contribution in [3.8, 4) is 29.4 Å². The van der Waals surface area contributed by atoms with Crippen molar-refractivity contribution in [1.29, 1.82) is 10.5 Å². The lowest BCUT2D eigenvalue weighted by molar-refractivity contribution is -0.117. The molecular formula is C27H22BrN3O4. The maximum absolute atomic E-state index is 12.8. The summed E-state index contributed by atoms with van der Waals surface area (Å²) in [7, 11) is 3.09. The Morgan fingerprint density at radius 3 is 2.51 bits per heavy atom. The number of nitrogens with one attached hydrogen (secondary N) is 1. The van der Waals surface area contributed by atoms with Gasteiger partial charge in [0.2, 0.25) is 0 Å². The Balaban J connectivity index is 1.79. The van der Waals surface area contributed by atoms with Crippen molar-refractivity contribution in [2.24, 2.45) is 0 Å². The standard InChI is InChI=1S/C27H22BrN3O4/c1-33-24-9-7-19(26(13-24)34-2)16-31-27(32)22(15-30)11-21-12-23(28)8-10-25(21)35-17-20-6-4-3-5-18(20)14-29/h3-13H,16-17H2,1-2H3,(H,31,32)/b22-11+. The average molecular weight is 532 g/mol. The molecule has 0 atom stereocenters. The van der Waals surface area contributed by atoms with E-state index in [4.69, 9.17) is 14.2 Å². The molecule has 0 spiro atoms. The van der Waals surface area contributed by atoms with E-state index in [9.17, 15) is 15.3 Å². The summed E-state index contributed by atoms with van der Waals surface area (Å²) in [5, 5.41) is 21.7. The molecule has 3 aromatic carbocycles. The first-order valence-electron chi connectivity index (χ1n) is 10.5. The molecule has 0 aromatic heterocycles. The van der Waals surface area contributed by atoms with E-state index in [1.165, 1.54) is 13.2 Å². The number of carbonyl (C=O) groups is 1. The summed E-state index contributed by atoms with van der Waals surface area (Å²) < 4.78 is 17.2. The number of halogens is 1. The van der Waals surface area contributed by atoms with Gasteiger partial charge in [-0.05, 0) is 42.5 Å². The van der Waals surface area contributed by atoms with Crippen LogP contribution in [-0.2, 0) is 17.9 Å². The van der Waals surface area contributed by atoms with Crippen LogP contribution in [0.4, 0.5) is 0 Å². The monoisotopic (exact) mass is 531 g/mol. The summed E-state index contributed by atoms with van der Waals surface area (Å²) in [5.41, 5.74) is 2.45. The predicted octanol–water partition coefficient (Wildman–Crippen LogP) is 5.14. The van der Waals surface area contributed by atoms with Crippen LogP contribution in [0.1, 0.15) is 22.3 Å². The molecule has 0 unspecified atom stereocenters. The fourth-order valence-corrected chi connectivity index (χ4v) is 3.63. The van der Waals surface area contributed by atoms with Gasteiger partial charge in [0.25, 0.3) is 5.91 Å². The third-order valence-corrected chi connectivity index (χ3v) is 5.58. The number of nitrogens with zero attached hydrogens (tertiary/aromatic N) is 2. The van der Waals surface area contributed by atoms with Crippen LogP contribution >= 0.6 is 15.9 Å². The summed E-state index contributed by atoms with van der Waals surface area (Å²) in [5.74, 6) is 1.13. The molecule has 176 valence electrons. The number of carbonyl (C=O) groups excluding carboxylic acids is 1. The lowest BCUT2D eigenvalue weighted by Crippen LogP contribution is -2.24. The Morgan fingerprint density at radius 2 is 1.80 bits per heavy atom. The zero-order valence-corrected chi connectivity index (χ0v) is 20.8. The predicted molar refractivity (Wildman–Crippen MR) is 135 cm³/mol. The van der Waals surface area contributed by atoms with Crippen molar-refractivity contribution in [2.45, 2.75) is 13.2 Å². The van der Waals surface area contributed by atoms with E-state index in [0.29, 0.717) is 28.4 Å². The molecule has 8 heteroatoms. The number of rotatable bonds is 9. The van der Waals surface area contributed by atoms with E-state index >= 15 is 0 Å². The molecule has 1 amide bonds. The van der Waals surface area contributed by atoms with E-state index in [2.05, 4.69) is 27.3 Å². The summed E-state index contributed by atoms with van der Waals surface area (Å²) in [6.45, 7) is 0.329. The van der Waals surface area contributed by atoms with Gasteiger partial charge in [0.1, 0.15) is 35.5 Å². The minimum Gasteiger partial charge on any atom is -0.497 e. The van der Waals surface area contributed by atoms with Gasteiger partial charge in [0.15, 0.2) is 0 Å². The smallest absolute Gasteiger partial charge is 0.262 e. The Hall–Kier alpha value is -4.27. The van der Waals surface area contributed by atoms with Crippen molar-refractivity contribution in [2.75, 3.05) is 14.2 Å². The molecule has 0 aliphatic heterocycles. The molecule has 0 saturated carbocycles. The second-order valence-corrected chi connectivity index (χ2v) is 8.19. The minimum atomic E-state index is -0.536. The van der Waals surface area contributed by atoms with E-state index in [-0.39, 0.29) is 18.7 Å². The van der Waals surface area contributed by atoms with Crippen LogP contribution in [0.2, 0.25) is 0 Å². The number of benzene rings is 3. The Bertz CT molecular complexity index is 1340. The summed E-state index contributed by atoms with van der Waals surface area (Å²) in [6, 6.07) is 21.8. The number of amides is 1. The zero-order valence-electron chi connectivity index (χ0n) is 19.2. The molecule has 1 N–H and O–H groups in total. The van der Waals surface area contributed by atoms with Gasteiger partial charge in [-0.1, -0.05) is 34.1 Å². The maximum atomic E-state index is 12.8. The molecule has 7 nitrogen and oxygen atoms in total. The van der Waals surface area contributed by atoms with Crippen LogP contribution < -0.4 is 19.5 Å². The Morgan fingerprint density at radius 1 is 1.00 bits per heavy atom. The Kier molecular flexibility index (Phi) is 8.89. The second-order valence-electron chi connectivity index (χ2n) is 7.27. The van der Waals surface area contributed by atoms with Crippen LogP contribution in [0.5, 0.6) is 17.2 Å². The molecule has 35 heavy (non-hydrogen) atoms. The lowest BCUT2D eigenvalue weighted by atomic mass is 10.1. The van der Waals surface area contributed by atoms with Gasteiger partial charge < -0.3 is 19.5 Å². The maximum Gasteiger partial charge on any atom is 0.262 e. The van der Waals surface area contributed by atoms with Crippen molar-refractivity contribution < 1.29 is 19.0 Å². The number of ether oxygens (including phenoxy) is 3. The molecule has 0 fully saturated rings. The first-order valence-corrected chi connectivity index (χ1v) is 11.3. The first-order chi connectivity index (χ1) is 17.0. The van der Waals surface area contributed by atoms with Crippen molar-refractivity contribution in [3.05, 3.63) is 93.0 Å². The van der Waals surface area contributed by atoms with Crippen molar-refractivity contribution >= 4 is 27.9 Å². The van der Waals surface area contributed by atoms with Crippen LogP contribution in [0.15, 0.2) is 70.7 Å². The summed E-state index contributed by atoms with van der Waals surface area (Å²) >= 11 is 3.42. The van der Waals surface area contributed by atoms with Gasteiger partial charge in [0.05, 0.1) is 25.9 Å². The quantitative estimate of drug-likeness (QED) is 0.302. The fourth-order valence-electron chi connectivity index (χ4n) is 3.25. The SMILES string of the molecule is COc1ccc(CNC(=O)/C(C#N)=C/c2cc(Br)ccc2OCc2ccccc2C#N)c(OC)c1. The molecule has 0 bridgehead atoms. The summed E-state index contributed by atoms with van der Waals surface area (Å²) in [4.78, 5) is 12.8. The first kappa shape index (κ1) is 25.4. The molecule has 0 aliphatic rings. The van der Waals surface area contributed by atoms with Crippen molar-refractivity contribution in [3.63, 3.8) is 0 Å². The molecule has 0 aliphatic carbocycles. The lowest BCUT2D eigenvalue weighted by Gasteiger charge is -2.12. The van der Waals surface area contributed by atoms with Gasteiger partial charge >= 0.3 is 0 Å². The number of hydrogen-bond acceptors (Lipinski definition) is 6. The van der Waals surface area contributed by atoms with Gasteiger partial charge in [-0.25, -0.2) is 0 Å². The van der Waals surface area contributed by atoms with Crippen LogP contribution in [0, 0.1) is 22.7 Å². The molecular weight excluding hydrogens is 510 g/mol. The normalized spacial score (nSPS) is 10.6. The van der Waals surface area contributed by atoms with E-state index in [1.54, 1.807) is 55.6 Å². The molecule has 3 aromatic rings. The highest BCUT2D eigenvalue weighted by atomic mass is 79.9. The Labute approximate surface area is 212 Å². The third-order valence-electron chi connectivity index (χ3n) is 5.09. The molecule has 0 heterocycles. The molecule has 0 saturated heterocycles. The highest BCUT2D eigenvalue weighted by Crippen LogP contribution is 2.27. The van der Waals surface area contributed by atoms with Gasteiger partial charge in [-0.2, -0.15) is 10.5 Å². The third kappa shape index (κ3) is 6.63. The highest BCUT2D eigenvalue weighted by molar-refractivity contribution is 9.10. The van der Waals surface area contributed by atoms with Gasteiger partial charge in [-0.3, -0.25) is 4.79 Å².